The molecule has 1 aromatic heterocycles. The van der Waals surface area contributed by atoms with Crippen LogP contribution in [0.5, 0.6) is 0 Å². The second kappa shape index (κ2) is 6.62. The molecule has 0 saturated carbocycles. The first-order chi connectivity index (χ1) is 9.61. The van der Waals surface area contributed by atoms with Crippen LogP contribution in [0.25, 0.3) is 0 Å². The number of anilines is 1. The molecule has 0 radical (unpaired) electrons. The van der Waals surface area contributed by atoms with Crippen LogP contribution in [0.1, 0.15) is 10.4 Å². The van der Waals surface area contributed by atoms with Crippen LogP contribution in [0.4, 0.5) is 10.1 Å². The highest BCUT2D eigenvalue weighted by atomic mass is 79.9. The Bertz CT molecular complexity index is 615. The van der Waals surface area contributed by atoms with Gasteiger partial charge in [-0.05, 0) is 28.1 Å². The first-order valence-electron chi connectivity index (χ1n) is 5.88. The number of nitrogens with one attached hydrogen (secondary N) is 1. The quantitative estimate of drug-likeness (QED) is 0.909. The molecule has 7 heteroatoms. The molecule has 2 rings (SSSR count). The van der Waals surface area contributed by atoms with Crippen molar-refractivity contribution in [1.29, 1.82) is 0 Å². The Labute approximate surface area is 123 Å². The maximum absolute atomic E-state index is 13.8. The number of halogens is 2. The minimum Gasteiger partial charge on any atom is -0.383 e. The third kappa shape index (κ3) is 3.43. The molecule has 0 fully saturated rings. The zero-order valence-corrected chi connectivity index (χ0v) is 12.4. The summed E-state index contributed by atoms with van der Waals surface area (Å²) in [6, 6.07) is 4.56. The Morgan fingerprint density at radius 2 is 2.35 bits per heavy atom. The predicted molar refractivity (Wildman–Crippen MR) is 76.2 cm³/mol. The van der Waals surface area contributed by atoms with Crippen molar-refractivity contribution in [3.63, 3.8) is 0 Å². The van der Waals surface area contributed by atoms with Gasteiger partial charge in [0.2, 0.25) is 0 Å². The molecule has 106 valence electrons. The summed E-state index contributed by atoms with van der Waals surface area (Å²) in [5.74, 6) is -1.10. The summed E-state index contributed by atoms with van der Waals surface area (Å²) < 4.78 is 20.6. The van der Waals surface area contributed by atoms with Gasteiger partial charge < -0.3 is 10.1 Å². The van der Waals surface area contributed by atoms with Crippen molar-refractivity contribution in [1.82, 2.24) is 9.78 Å². The van der Waals surface area contributed by atoms with E-state index in [4.69, 9.17) is 4.74 Å². The summed E-state index contributed by atoms with van der Waals surface area (Å²) >= 11 is 3.05. The van der Waals surface area contributed by atoms with Crippen LogP contribution >= 0.6 is 15.9 Å². The number of nitrogens with zero attached hydrogens (tertiary/aromatic N) is 2. The number of methoxy groups -OCH3 is 1. The third-order valence-corrected chi connectivity index (χ3v) is 3.22. The Hall–Kier alpha value is -1.73. The van der Waals surface area contributed by atoms with Crippen molar-refractivity contribution in [2.45, 2.75) is 6.54 Å². The monoisotopic (exact) mass is 341 g/mol. The van der Waals surface area contributed by atoms with E-state index in [1.165, 1.54) is 18.3 Å². The fraction of sp³-hybridized carbons (Fsp3) is 0.231. The molecule has 0 aliphatic rings. The van der Waals surface area contributed by atoms with E-state index in [2.05, 4.69) is 26.3 Å². The van der Waals surface area contributed by atoms with Crippen molar-refractivity contribution in [2.75, 3.05) is 19.0 Å². The molecule has 2 aromatic rings. The number of carbonyl (C=O) groups excluding carboxylic acids is 1. The van der Waals surface area contributed by atoms with Crippen LogP contribution in [0.3, 0.4) is 0 Å². The molecular formula is C13H13BrFN3O2. The predicted octanol–water partition coefficient (Wildman–Crippen LogP) is 2.68. The van der Waals surface area contributed by atoms with Crippen LogP contribution in [0.2, 0.25) is 0 Å². The topological polar surface area (TPSA) is 56.1 Å². The SMILES string of the molecule is COCCn1cc(NC(=O)c2cccc(Br)c2F)cn1. The first-order valence-corrected chi connectivity index (χ1v) is 6.68. The molecule has 0 aliphatic carbocycles. The van der Waals surface area contributed by atoms with Gasteiger partial charge in [-0.1, -0.05) is 6.07 Å². The van der Waals surface area contributed by atoms with Gasteiger partial charge in [0.1, 0.15) is 5.82 Å². The van der Waals surface area contributed by atoms with Crippen LogP contribution in [0.15, 0.2) is 35.1 Å². The Morgan fingerprint density at radius 1 is 1.55 bits per heavy atom. The lowest BCUT2D eigenvalue weighted by Gasteiger charge is -2.04. The highest BCUT2D eigenvalue weighted by Gasteiger charge is 2.14. The van der Waals surface area contributed by atoms with E-state index in [1.54, 1.807) is 24.1 Å². The van der Waals surface area contributed by atoms with Gasteiger partial charge in [0.25, 0.3) is 5.91 Å². The lowest BCUT2D eigenvalue weighted by atomic mass is 10.2. The van der Waals surface area contributed by atoms with Gasteiger partial charge in [-0.2, -0.15) is 5.10 Å². The van der Waals surface area contributed by atoms with Gasteiger partial charge in [0.05, 0.1) is 35.1 Å². The first kappa shape index (κ1) is 14.7. The lowest BCUT2D eigenvalue weighted by Crippen LogP contribution is -2.13. The molecule has 1 amide bonds. The summed E-state index contributed by atoms with van der Waals surface area (Å²) in [6.07, 6.45) is 3.16. The van der Waals surface area contributed by atoms with Crippen molar-refractivity contribution >= 4 is 27.5 Å². The zero-order valence-electron chi connectivity index (χ0n) is 10.8. The molecule has 1 aromatic carbocycles. The van der Waals surface area contributed by atoms with Crippen LogP contribution in [0, 0.1) is 5.82 Å². The Balaban J connectivity index is 2.07. The molecule has 1 heterocycles. The standard InChI is InChI=1S/C13H13BrFN3O2/c1-20-6-5-18-8-9(7-16-18)17-13(19)10-3-2-4-11(14)12(10)15/h2-4,7-8H,5-6H2,1H3,(H,17,19). The lowest BCUT2D eigenvalue weighted by molar-refractivity contribution is 0.102. The van der Waals surface area contributed by atoms with Gasteiger partial charge in [0, 0.05) is 13.3 Å². The molecule has 5 nitrogen and oxygen atoms in total. The van der Waals surface area contributed by atoms with Gasteiger partial charge in [-0.15, -0.1) is 0 Å². The fourth-order valence-electron chi connectivity index (χ4n) is 1.61. The number of hydrogen-bond acceptors (Lipinski definition) is 3. The molecule has 0 unspecified atom stereocenters. The number of hydrogen-bond donors (Lipinski definition) is 1. The van der Waals surface area contributed by atoms with Crippen LogP contribution in [-0.2, 0) is 11.3 Å². The largest absolute Gasteiger partial charge is 0.383 e. The van der Waals surface area contributed by atoms with Crippen molar-refractivity contribution in [2.24, 2.45) is 0 Å². The fourth-order valence-corrected chi connectivity index (χ4v) is 1.98. The van der Waals surface area contributed by atoms with Gasteiger partial charge in [-0.25, -0.2) is 4.39 Å². The molecule has 0 spiro atoms. The van der Waals surface area contributed by atoms with Crippen molar-refractivity contribution in [3.8, 4) is 0 Å². The average molecular weight is 342 g/mol. The van der Waals surface area contributed by atoms with Crippen molar-refractivity contribution < 1.29 is 13.9 Å². The summed E-state index contributed by atoms with van der Waals surface area (Å²) in [5.41, 5.74) is 0.481. The summed E-state index contributed by atoms with van der Waals surface area (Å²) in [5, 5.41) is 6.66. The highest BCUT2D eigenvalue weighted by molar-refractivity contribution is 9.10. The van der Waals surface area contributed by atoms with E-state index >= 15 is 0 Å². The van der Waals surface area contributed by atoms with E-state index in [1.807, 2.05) is 0 Å². The number of rotatable bonds is 5. The van der Waals surface area contributed by atoms with E-state index in [9.17, 15) is 9.18 Å². The molecular weight excluding hydrogens is 329 g/mol. The van der Waals surface area contributed by atoms with Crippen molar-refractivity contribution in [3.05, 3.63) is 46.4 Å². The van der Waals surface area contributed by atoms with Gasteiger partial charge in [-0.3, -0.25) is 9.48 Å². The van der Waals surface area contributed by atoms with Crippen LogP contribution in [-0.4, -0.2) is 29.4 Å². The maximum atomic E-state index is 13.8. The van der Waals surface area contributed by atoms with E-state index in [-0.39, 0.29) is 10.0 Å². The molecule has 1 N–H and O–H groups in total. The van der Waals surface area contributed by atoms with Gasteiger partial charge >= 0.3 is 0 Å². The smallest absolute Gasteiger partial charge is 0.258 e. The maximum Gasteiger partial charge on any atom is 0.258 e. The van der Waals surface area contributed by atoms with E-state index in [0.29, 0.717) is 18.8 Å². The average Bonchev–Trinajstić information content (AvgIpc) is 2.87. The molecule has 0 bridgehead atoms. The molecule has 20 heavy (non-hydrogen) atoms. The Kier molecular flexibility index (Phi) is 4.86. The molecule has 0 atom stereocenters. The van der Waals surface area contributed by atoms with E-state index < -0.39 is 11.7 Å². The number of aromatic nitrogens is 2. The highest BCUT2D eigenvalue weighted by Crippen LogP contribution is 2.19. The minimum absolute atomic E-state index is 0.0241. The summed E-state index contributed by atoms with van der Waals surface area (Å²) in [7, 11) is 1.60. The van der Waals surface area contributed by atoms with Gasteiger partial charge in [0.15, 0.2) is 0 Å². The molecule has 0 aliphatic heterocycles. The zero-order chi connectivity index (χ0) is 14.5. The van der Waals surface area contributed by atoms with Crippen LogP contribution < -0.4 is 5.32 Å². The second-order valence-corrected chi connectivity index (χ2v) is 4.89. The third-order valence-electron chi connectivity index (χ3n) is 2.61. The number of carbonyl (C=O) groups is 1. The summed E-state index contributed by atoms with van der Waals surface area (Å²) in [4.78, 5) is 12.0. The Morgan fingerprint density at radius 3 is 3.10 bits per heavy atom. The number of benzene rings is 1. The number of ether oxygens (including phenoxy) is 1. The van der Waals surface area contributed by atoms with E-state index in [0.717, 1.165) is 0 Å². The second-order valence-electron chi connectivity index (χ2n) is 4.04. The normalized spacial score (nSPS) is 10.6. The number of amides is 1. The minimum atomic E-state index is -0.586. The summed E-state index contributed by atoms with van der Waals surface area (Å²) in [6.45, 7) is 1.10. The molecule has 0 saturated heterocycles.